The monoisotopic (exact) mass is 433 g/mol. The van der Waals surface area contributed by atoms with Gasteiger partial charge < -0.3 is 14.9 Å². The highest BCUT2D eigenvalue weighted by molar-refractivity contribution is 6.12. The van der Waals surface area contributed by atoms with Gasteiger partial charge in [0, 0.05) is 31.1 Å². The number of carbonyl (C=O) groups is 1. The molecule has 1 amide bonds. The van der Waals surface area contributed by atoms with E-state index >= 15 is 0 Å². The fraction of sp³-hybridized carbons (Fsp3) is 0.136. The van der Waals surface area contributed by atoms with E-state index in [4.69, 9.17) is 0 Å². The van der Waals surface area contributed by atoms with Crippen LogP contribution in [0.4, 0.5) is 11.4 Å². The molecule has 0 atom stereocenters. The van der Waals surface area contributed by atoms with Crippen LogP contribution in [-0.2, 0) is 7.05 Å². The van der Waals surface area contributed by atoms with Crippen molar-refractivity contribution >= 4 is 28.3 Å². The molecule has 10 heteroatoms. The summed E-state index contributed by atoms with van der Waals surface area (Å²) in [5, 5.41) is 13.6. The Balaban J connectivity index is 1.79. The summed E-state index contributed by atoms with van der Waals surface area (Å²) in [5.74, 6) is -0.560. The molecule has 0 unspecified atom stereocenters. The first-order valence-corrected chi connectivity index (χ1v) is 9.65. The summed E-state index contributed by atoms with van der Waals surface area (Å²) in [4.78, 5) is 51.9. The van der Waals surface area contributed by atoms with E-state index in [2.05, 4.69) is 10.3 Å². The van der Waals surface area contributed by atoms with Gasteiger partial charge in [-0.3, -0.25) is 19.7 Å². The maximum atomic E-state index is 13.1. The standard InChI is InChI=1S/C22H19N5O5/c1-12-4-6-14(7-5-12)26-21(29)19-18(24-22(26)30)16(11-25(19)3)20(28)23-17-9-8-15(27(31)32)10-13(17)2/h4-11H,1-3H3,(H,23,28)(H,24,30). The second-order valence-corrected chi connectivity index (χ2v) is 7.49. The molecule has 0 spiro atoms. The van der Waals surface area contributed by atoms with Gasteiger partial charge in [-0.2, -0.15) is 0 Å². The Morgan fingerprint density at radius 3 is 2.41 bits per heavy atom. The van der Waals surface area contributed by atoms with Crippen LogP contribution in [-0.4, -0.2) is 24.9 Å². The lowest BCUT2D eigenvalue weighted by atomic mass is 10.1. The Kier molecular flexibility index (Phi) is 4.97. The molecule has 0 aliphatic carbocycles. The van der Waals surface area contributed by atoms with Crippen LogP contribution >= 0.6 is 0 Å². The molecule has 2 heterocycles. The molecule has 0 fully saturated rings. The molecular formula is C22H19N5O5. The molecule has 2 N–H and O–H groups in total. The predicted molar refractivity (Wildman–Crippen MR) is 120 cm³/mol. The molecule has 0 aliphatic rings. The third kappa shape index (κ3) is 3.47. The fourth-order valence-electron chi connectivity index (χ4n) is 3.56. The first-order valence-electron chi connectivity index (χ1n) is 9.65. The summed E-state index contributed by atoms with van der Waals surface area (Å²) in [6.07, 6.45) is 1.46. The minimum absolute atomic E-state index is 0.0911. The molecule has 162 valence electrons. The topological polar surface area (TPSA) is 132 Å². The number of rotatable bonds is 4. The molecule has 0 saturated heterocycles. The van der Waals surface area contributed by atoms with Crippen LogP contribution in [0.2, 0.25) is 0 Å². The number of non-ortho nitro benzene ring substituents is 1. The van der Waals surface area contributed by atoms with Gasteiger partial charge in [-0.25, -0.2) is 9.36 Å². The number of hydrogen-bond acceptors (Lipinski definition) is 5. The minimum atomic E-state index is -0.668. The number of nitrogens with zero attached hydrogens (tertiary/aromatic N) is 3. The number of hydrogen-bond donors (Lipinski definition) is 2. The minimum Gasteiger partial charge on any atom is -0.344 e. The van der Waals surface area contributed by atoms with Crippen LogP contribution in [0.15, 0.2) is 58.3 Å². The lowest BCUT2D eigenvalue weighted by molar-refractivity contribution is -0.384. The molecule has 0 bridgehead atoms. The van der Waals surface area contributed by atoms with Gasteiger partial charge in [0.25, 0.3) is 17.2 Å². The number of carbonyl (C=O) groups excluding carboxylic acids is 1. The zero-order valence-electron chi connectivity index (χ0n) is 17.5. The number of nitro benzene ring substituents is 1. The normalized spacial score (nSPS) is 11.0. The quantitative estimate of drug-likeness (QED) is 0.377. The predicted octanol–water partition coefficient (Wildman–Crippen LogP) is 2.79. The summed E-state index contributed by atoms with van der Waals surface area (Å²) in [6.45, 7) is 3.53. The molecule has 0 aliphatic heterocycles. The van der Waals surface area contributed by atoms with Crippen molar-refractivity contribution in [2.24, 2.45) is 7.05 Å². The van der Waals surface area contributed by atoms with E-state index in [9.17, 15) is 24.5 Å². The van der Waals surface area contributed by atoms with E-state index < -0.39 is 22.1 Å². The second kappa shape index (κ2) is 7.65. The van der Waals surface area contributed by atoms with Crippen molar-refractivity contribution in [1.82, 2.24) is 14.1 Å². The van der Waals surface area contributed by atoms with E-state index in [-0.39, 0.29) is 22.3 Å². The number of aryl methyl sites for hydroxylation is 3. The molecule has 32 heavy (non-hydrogen) atoms. The number of anilines is 1. The van der Waals surface area contributed by atoms with Gasteiger partial charge in [-0.1, -0.05) is 17.7 Å². The molecule has 10 nitrogen and oxygen atoms in total. The van der Waals surface area contributed by atoms with E-state index in [1.165, 1.54) is 29.0 Å². The number of H-pyrrole nitrogens is 1. The average Bonchev–Trinajstić information content (AvgIpc) is 3.07. The van der Waals surface area contributed by atoms with Gasteiger partial charge in [-0.15, -0.1) is 0 Å². The maximum absolute atomic E-state index is 13.1. The third-order valence-corrected chi connectivity index (χ3v) is 5.23. The number of nitro groups is 1. The Labute approximate surface area is 180 Å². The highest BCUT2D eigenvalue weighted by Crippen LogP contribution is 2.23. The van der Waals surface area contributed by atoms with Gasteiger partial charge in [0.1, 0.15) is 5.52 Å². The fourth-order valence-corrected chi connectivity index (χ4v) is 3.56. The van der Waals surface area contributed by atoms with Crippen LogP contribution in [0.25, 0.3) is 16.7 Å². The van der Waals surface area contributed by atoms with Crippen molar-refractivity contribution in [3.8, 4) is 5.69 Å². The molecule has 0 radical (unpaired) electrons. The van der Waals surface area contributed by atoms with Crippen molar-refractivity contribution < 1.29 is 9.72 Å². The van der Waals surface area contributed by atoms with Crippen molar-refractivity contribution in [1.29, 1.82) is 0 Å². The van der Waals surface area contributed by atoms with Crippen LogP contribution in [0.1, 0.15) is 21.5 Å². The van der Waals surface area contributed by atoms with Crippen LogP contribution in [0, 0.1) is 24.0 Å². The van der Waals surface area contributed by atoms with Crippen molar-refractivity contribution in [3.05, 3.63) is 96.3 Å². The molecular weight excluding hydrogens is 414 g/mol. The number of aromatic amines is 1. The highest BCUT2D eigenvalue weighted by Gasteiger charge is 2.21. The molecule has 2 aromatic heterocycles. The average molecular weight is 433 g/mol. The first-order chi connectivity index (χ1) is 15.2. The van der Waals surface area contributed by atoms with Crippen LogP contribution in [0.5, 0.6) is 0 Å². The first kappa shape index (κ1) is 20.8. The SMILES string of the molecule is Cc1ccc(-n2c(=O)[nH]c3c(C(=O)Nc4ccc([N+](=O)[O-])cc4C)cn(C)c3c2=O)cc1. The molecule has 4 aromatic rings. The number of aromatic nitrogens is 3. The van der Waals surface area contributed by atoms with E-state index in [1.807, 2.05) is 6.92 Å². The van der Waals surface area contributed by atoms with Crippen molar-refractivity contribution in [2.75, 3.05) is 5.32 Å². The van der Waals surface area contributed by atoms with Crippen LogP contribution in [0.3, 0.4) is 0 Å². The van der Waals surface area contributed by atoms with Gasteiger partial charge in [-0.05, 0) is 37.6 Å². The van der Waals surface area contributed by atoms with Gasteiger partial charge in [0.2, 0.25) is 0 Å². The summed E-state index contributed by atoms with van der Waals surface area (Å²) in [6, 6.07) is 11.0. The van der Waals surface area contributed by atoms with Gasteiger partial charge >= 0.3 is 5.69 Å². The van der Waals surface area contributed by atoms with E-state index in [0.717, 1.165) is 10.1 Å². The van der Waals surface area contributed by atoms with Crippen LogP contribution < -0.4 is 16.6 Å². The Hall–Kier alpha value is -4.47. The summed E-state index contributed by atoms with van der Waals surface area (Å²) < 4.78 is 2.50. The Morgan fingerprint density at radius 2 is 1.78 bits per heavy atom. The largest absolute Gasteiger partial charge is 0.344 e. The van der Waals surface area contributed by atoms with E-state index in [1.54, 1.807) is 38.2 Å². The number of fused-ring (bicyclic) bond motifs is 1. The smallest absolute Gasteiger partial charge is 0.333 e. The number of amides is 1. The third-order valence-electron chi connectivity index (χ3n) is 5.23. The Morgan fingerprint density at radius 1 is 1.09 bits per heavy atom. The highest BCUT2D eigenvalue weighted by atomic mass is 16.6. The summed E-state index contributed by atoms with van der Waals surface area (Å²) in [5.41, 5.74) is 1.35. The van der Waals surface area contributed by atoms with E-state index in [0.29, 0.717) is 16.9 Å². The molecule has 0 saturated carbocycles. The lowest BCUT2D eigenvalue weighted by Crippen LogP contribution is -2.34. The van der Waals surface area contributed by atoms with Crippen molar-refractivity contribution in [2.45, 2.75) is 13.8 Å². The summed E-state index contributed by atoms with van der Waals surface area (Å²) >= 11 is 0. The maximum Gasteiger partial charge on any atom is 0.333 e. The summed E-state index contributed by atoms with van der Waals surface area (Å²) in [7, 11) is 1.61. The number of benzene rings is 2. The molecule has 2 aromatic carbocycles. The van der Waals surface area contributed by atoms with Gasteiger partial charge in [0.15, 0.2) is 0 Å². The number of nitrogens with one attached hydrogen (secondary N) is 2. The zero-order chi connectivity index (χ0) is 23.2. The lowest BCUT2D eigenvalue weighted by Gasteiger charge is -2.08. The second-order valence-electron chi connectivity index (χ2n) is 7.49. The molecule has 4 rings (SSSR count). The van der Waals surface area contributed by atoms with Crippen molar-refractivity contribution in [3.63, 3.8) is 0 Å². The zero-order valence-corrected chi connectivity index (χ0v) is 17.5. The van der Waals surface area contributed by atoms with Gasteiger partial charge in [0.05, 0.1) is 21.7 Å². The Bertz CT molecular complexity index is 1510.